The quantitative estimate of drug-likeness (QED) is 0.809. The van der Waals surface area contributed by atoms with Crippen molar-refractivity contribution in [2.45, 2.75) is 44.0 Å². The largest absolute Gasteiger partial charge is 0.416 e. The van der Waals surface area contributed by atoms with Crippen LogP contribution in [0.2, 0.25) is 0 Å². The van der Waals surface area contributed by atoms with Gasteiger partial charge in [-0.05, 0) is 37.8 Å². The van der Waals surface area contributed by atoms with Crippen molar-refractivity contribution in [3.05, 3.63) is 41.3 Å². The van der Waals surface area contributed by atoms with Crippen LogP contribution in [0.3, 0.4) is 0 Å². The summed E-state index contributed by atoms with van der Waals surface area (Å²) in [7, 11) is 0. The molecular formula is C17H16F4N2O3. The first-order valence-corrected chi connectivity index (χ1v) is 8.07. The molecule has 1 saturated carbocycles. The van der Waals surface area contributed by atoms with Crippen molar-refractivity contribution in [1.82, 2.24) is 10.5 Å². The Hall–Kier alpha value is -2.42. The van der Waals surface area contributed by atoms with Gasteiger partial charge in [-0.15, -0.1) is 0 Å². The van der Waals surface area contributed by atoms with E-state index in [0.717, 1.165) is 30.7 Å². The number of alkyl halides is 3. The Labute approximate surface area is 146 Å². The Morgan fingerprint density at radius 2 is 1.92 bits per heavy atom. The van der Waals surface area contributed by atoms with Crippen LogP contribution in [0.4, 0.5) is 17.6 Å². The molecule has 0 radical (unpaired) electrons. The Morgan fingerprint density at radius 1 is 1.23 bits per heavy atom. The summed E-state index contributed by atoms with van der Waals surface area (Å²) < 4.78 is 57.0. The molecule has 2 aromatic rings. The molecule has 1 aromatic heterocycles. The topological polar surface area (TPSA) is 75.4 Å². The van der Waals surface area contributed by atoms with E-state index < -0.39 is 41.0 Å². The van der Waals surface area contributed by atoms with E-state index >= 15 is 0 Å². The number of aromatic nitrogens is 1. The highest BCUT2D eigenvalue weighted by atomic mass is 19.4. The van der Waals surface area contributed by atoms with E-state index in [9.17, 15) is 27.5 Å². The fourth-order valence-electron chi connectivity index (χ4n) is 2.96. The van der Waals surface area contributed by atoms with Crippen LogP contribution in [0, 0.1) is 5.82 Å². The summed E-state index contributed by atoms with van der Waals surface area (Å²) in [5.41, 5.74) is -1.41. The molecule has 0 bridgehead atoms. The van der Waals surface area contributed by atoms with Gasteiger partial charge in [0.25, 0.3) is 5.91 Å². The van der Waals surface area contributed by atoms with Gasteiger partial charge in [-0.25, -0.2) is 0 Å². The van der Waals surface area contributed by atoms with Crippen molar-refractivity contribution in [1.29, 1.82) is 0 Å². The maximum Gasteiger partial charge on any atom is 0.416 e. The maximum absolute atomic E-state index is 14.4. The van der Waals surface area contributed by atoms with Gasteiger partial charge in [0, 0.05) is 11.6 Å². The molecule has 3 rings (SSSR count). The highest BCUT2D eigenvalue weighted by molar-refractivity contribution is 5.93. The summed E-state index contributed by atoms with van der Waals surface area (Å²) >= 11 is 0. The monoisotopic (exact) mass is 372 g/mol. The minimum atomic E-state index is -4.51. The molecule has 1 aliphatic rings. The number of amides is 1. The highest BCUT2D eigenvalue weighted by Gasteiger charge is 2.31. The average Bonchev–Trinajstić information content (AvgIpc) is 2.96. The van der Waals surface area contributed by atoms with Crippen LogP contribution in [0.25, 0.3) is 11.3 Å². The molecule has 0 aliphatic heterocycles. The van der Waals surface area contributed by atoms with Crippen molar-refractivity contribution in [2.24, 2.45) is 0 Å². The van der Waals surface area contributed by atoms with Gasteiger partial charge in [0.05, 0.1) is 11.7 Å². The van der Waals surface area contributed by atoms with Crippen molar-refractivity contribution < 1.29 is 32.0 Å². The zero-order valence-corrected chi connectivity index (χ0v) is 13.5. The van der Waals surface area contributed by atoms with E-state index in [-0.39, 0.29) is 11.6 Å². The van der Waals surface area contributed by atoms with Crippen LogP contribution in [0.15, 0.2) is 28.8 Å². The van der Waals surface area contributed by atoms with Crippen molar-refractivity contribution in [2.75, 3.05) is 0 Å². The third-order valence-corrected chi connectivity index (χ3v) is 4.31. The van der Waals surface area contributed by atoms with Crippen LogP contribution in [0.1, 0.15) is 41.7 Å². The van der Waals surface area contributed by atoms with Crippen molar-refractivity contribution in [3.8, 4) is 11.3 Å². The number of nitrogens with one attached hydrogen (secondary N) is 1. The smallest absolute Gasteiger partial charge is 0.393 e. The van der Waals surface area contributed by atoms with Gasteiger partial charge < -0.3 is 14.9 Å². The van der Waals surface area contributed by atoms with Crippen LogP contribution >= 0.6 is 0 Å². The first kappa shape index (κ1) is 18.4. The predicted octanol–water partition coefficient (Wildman–Crippen LogP) is 3.53. The normalized spacial score (nSPS) is 20.8. The third-order valence-electron chi connectivity index (χ3n) is 4.31. The molecule has 0 saturated heterocycles. The Bertz CT molecular complexity index is 786. The Kier molecular flexibility index (Phi) is 4.99. The Morgan fingerprint density at radius 3 is 2.54 bits per heavy atom. The fraction of sp³-hybridized carbons (Fsp3) is 0.412. The number of carbonyl (C=O) groups excluding carboxylic acids is 1. The number of benzene rings is 1. The number of hydrogen-bond donors (Lipinski definition) is 2. The second-order valence-electron chi connectivity index (χ2n) is 6.24. The molecule has 1 fully saturated rings. The van der Waals surface area contributed by atoms with Crippen LogP contribution < -0.4 is 5.32 Å². The predicted molar refractivity (Wildman–Crippen MR) is 82.6 cm³/mol. The lowest BCUT2D eigenvalue weighted by molar-refractivity contribution is -0.137. The van der Waals surface area contributed by atoms with Gasteiger partial charge in [-0.2, -0.15) is 17.6 Å². The molecule has 2 N–H and O–H groups in total. The van der Waals surface area contributed by atoms with Crippen LogP contribution in [0.5, 0.6) is 0 Å². The molecule has 1 aliphatic carbocycles. The molecule has 1 amide bonds. The first-order valence-electron chi connectivity index (χ1n) is 8.07. The zero-order valence-electron chi connectivity index (χ0n) is 13.5. The summed E-state index contributed by atoms with van der Waals surface area (Å²) in [5, 5.41) is 15.6. The van der Waals surface area contributed by atoms with Crippen LogP contribution in [-0.4, -0.2) is 28.3 Å². The van der Waals surface area contributed by atoms with Crippen LogP contribution in [-0.2, 0) is 6.18 Å². The summed E-state index contributed by atoms with van der Waals surface area (Å²) in [5.74, 6) is -2.24. The average molecular weight is 372 g/mol. The molecule has 9 heteroatoms. The summed E-state index contributed by atoms with van der Waals surface area (Å²) in [4.78, 5) is 12.2. The minimum Gasteiger partial charge on any atom is -0.393 e. The van der Waals surface area contributed by atoms with E-state index in [1.54, 1.807) is 0 Å². The standard InChI is InChI=1S/C17H16F4N2O3/c18-13-14(16(25)22-11-2-1-3-12(24)8-11)23-26-15(13)9-4-6-10(7-5-9)17(19,20)21/h4-7,11-12,24H,1-3,8H2,(H,22,25)/t11-,12+/m0/s1. The van der Waals surface area contributed by atoms with Gasteiger partial charge in [0.15, 0.2) is 0 Å². The molecule has 2 atom stereocenters. The van der Waals surface area contributed by atoms with E-state index in [1.165, 1.54) is 0 Å². The molecule has 0 unspecified atom stereocenters. The minimum absolute atomic E-state index is 0.0372. The van der Waals surface area contributed by atoms with Crippen molar-refractivity contribution >= 4 is 5.91 Å². The lowest BCUT2D eigenvalue weighted by Crippen LogP contribution is -2.40. The van der Waals surface area contributed by atoms with Gasteiger partial charge in [0.2, 0.25) is 17.3 Å². The summed E-state index contributed by atoms with van der Waals surface area (Å²) in [6, 6.07) is 3.38. The highest BCUT2D eigenvalue weighted by Crippen LogP contribution is 2.32. The molecule has 1 aromatic carbocycles. The molecule has 5 nitrogen and oxygen atoms in total. The fourth-order valence-corrected chi connectivity index (χ4v) is 2.96. The van der Waals surface area contributed by atoms with Gasteiger partial charge in [0.1, 0.15) is 0 Å². The first-order chi connectivity index (χ1) is 12.3. The van der Waals surface area contributed by atoms with E-state index in [0.29, 0.717) is 19.3 Å². The number of rotatable bonds is 3. The number of aliphatic hydroxyl groups is 1. The van der Waals surface area contributed by atoms with Gasteiger partial charge in [-0.1, -0.05) is 17.3 Å². The molecule has 0 spiro atoms. The summed E-state index contributed by atoms with van der Waals surface area (Å²) in [6.07, 6.45) is -2.59. The number of carbonyl (C=O) groups is 1. The second kappa shape index (κ2) is 7.06. The van der Waals surface area contributed by atoms with E-state index in [2.05, 4.69) is 10.5 Å². The van der Waals surface area contributed by atoms with Gasteiger partial charge >= 0.3 is 6.18 Å². The summed E-state index contributed by atoms with van der Waals surface area (Å²) in [6.45, 7) is 0. The number of hydrogen-bond acceptors (Lipinski definition) is 4. The third kappa shape index (κ3) is 3.87. The van der Waals surface area contributed by atoms with E-state index in [1.807, 2.05) is 0 Å². The second-order valence-corrected chi connectivity index (χ2v) is 6.24. The number of halogens is 4. The van der Waals surface area contributed by atoms with Crippen molar-refractivity contribution in [3.63, 3.8) is 0 Å². The maximum atomic E-state index is 14.4. The number of aliphatic hydroxyl groups excluding tert-OH is 1. The SMILES string of the molecule is O=C(N[C@H]1CCC[C@@H](O)C1)c1noc(-c2ccc(C(F)(F)F)cc2)c1F. The lowest BCUT2D eigenvalue weighted by atomic mass is 9.93. The molecule has 26 heavy (non-hydrogen) atoms. The van der Waals surface area contributed by atoms with E-state index in [4.69, 9.17) is 4.52 Å². The zero-order chi connectivity index (χ0) is 18.9. The molecule has 1 heterocycles. The molecule has 140 valence electrons. The number of nitrogens with zero attached hydrogens (tertiary/aromatic N) is 1. The van der Waals surface area contributed by atoms with Gasteiger partial charge in [-0.3, -0.25) is 4.79 Å². The molecular weight excluding hydrogens is 356 g/mol. The Balaban J connectivity index is 1.76. The lowest BCUT2D eigenvalue weighted by Gasteiger charge is -2.26.